The molecule has 4 amide bonds. The molecule has 1 saturated heterocycles. The average Bonchev–Trinajstić information content (AvgIpc) is 3.04. The normalized spacial score (nSPS) is 14.7. The summed E-state index contributed by atoms with van der Waals surface area (Å²) in [6, 6.07) is 13.6. The van der Waals surface area contributed by atoms with Crippen LogP contribution in [0.25, 0.3) is 0 Å². The third-order valence-corrected chi connectivity index (χ3v) is 4.70. The topological polar surface area (TPSA) is 79.0 Å². The van der Waals surface area contributed by atoms with Gasteiger partial charge in [0, 0.05) is 18.3 Å². The van der Waals surface area contributed by atoms with Crippen LogP contribution >= 0.6 is 0 Å². The largest absolute Gasteiger partial charge is 0.497 e. The van der Waals surface area contributed by atoms with Crippen LogP contribution < -0.4 is 15.0 Å². The molecule has 1 N–H and O–H groups in total. The predicted molar refractivity (Wildman–Crippen MR) is 101 cm³/mol. The van der Waals surface area contributed by atoms with E-state index in [1.165, 1.54) is 4.90 Å². The van der Waals surface area contributed by atoms with Crippen LogP contribution in [0.5, 0.6) is 5.75 Å². The van der Waals surface area contributed by atoms with Crippen LogP contribution in [0.1, 0.15) is 28.9 Å². The van der Waals surface area contributed by atoms with E-state index < -0.39 is 6.03 Å². The fraction of sp³-hybridized carbons (Fsp3) is 0.250. The van der Waals surface area contributed by atoms with Crippen molar-refractivity contribution in [3.8, 4) is 5.75 Å². The second kappa shape index (κ2) is 7.49. The van der Waals surface area contributed by atoms with Gasteiger partial charge in [0.1, 0.15) is 12.3 Å². The van der Waals surface area contributed by atoms with E-state index in [9.17, 15) is 14.4 Å². The van der Waals surface area contributed by atoms with E-state index in [1.54, 1.807) is 43.3 Å². The molecule has 1 aliphatic heterocycles. The first-order chi connectivity index (χ1) is 12.9. The van der Waals surface area contributed by atoms with Gasteiger partial charge in [0.05, 0.1) is 13.2 Å². The minimum Gasteiger partial charge on any atom is -0.497 e. The zero-order valence-electron chi connectivity index (χ0n) is 15.4. The van der Waals surface area contributed by atoms with Crippen LogP contribution in [0.2, 0.25) is 0 Å². The van der Waals surface area contributed by atoms with E-state index in [-0.39, 0.29) is 24.4 Å². The fourth-order valence-electron chi connectivity index (χ4n) is 2.94. The van der Waals surface area contributed by atoms with Gasteiger partial charge in [0.2, 0.25) is 5.91 Å². The molecule has 2 aromatic carbocycles. The highest BCUT2D eigenvalue weighted by Gasteiger charge is 2.28. The summed E-state index contributed by atoms with van der Waals surface area (Å²) < 4.78 is 5.24. The van der Waals surface area contributed by atoms with E-state index in [0.29, 0.717) is 11.3 Å². The number of urea groups is 1. The zero-order chi connectivity index (χ0) is 19.6. The molecule has 1 aliphatic rings. The third-order valence-electron chi connectivity index (χ3n) is 4.70. The number of imide groups is 1. The van der Waals surface area contributed by atoms with Gasteiger partial charge in [-0.1, -0.05) is 12.1 Å². The first-order valence-corrected chi connectivity index (χ1v) is 8.53. The molecule has 140 valence electrons. The van der Waals surface area contributed by atoms with Gasteiger partial charge in [-0.3, -0.25) is 19.8 Å². The molecule has 0 bridgehead atoms. The predicted octanol–water partition coefficient (Wildman–Crippen LogP) is 2.58. The lowest BCUT2D eigenvalue weighted by Crippen LogP contribution is -2.30. The molecule has 0 aromatic heterocycles. The summed E-state index contributed by atoms with van der Waals surface area (Å²) in [7, 11) is 3.35. The molecule has 1 fully saturated rings. The lowest BCUT2D eigenvalue weighted by molar-refractivity contribution is -0.117. The number of ether oxygens (including phenoxy) is 1. The molecule has 1 heterocycles. The van der Waals surface area contributed by atoms with Gasteiger partial charge in [-0.2, -0.15) is 0 Å². The number of carbonyl (C=O) groups is 3. The molecule has 0 aliphatic carbocycles. The van der Waals surface area contributed by atoms with Crippen molar-refractivity contribution in [3.05, 3.63) is 59.7 Å². The Morgan fingerprint density at radius 3 is 2.48 bits per heavy atom. The van der Waals surface area contributed by atoms with Crippen molar-refractivity contribution in [1.82, 2.24) is 10.2 Å². The van der Waals surface area contributed by atoms with E-state index in [4.69, 9.17) is 4.74 Å². The number of hydrogen-bond donors (Lipinski definition) is 1. The van der Waals surface area contributed by atoms with Crippen molar-refractivity contribution in [2.75, 3.05) is 25.6 Å². The minimum absolute atomic E-state index is 0.0150. The second-order valence-corrected chi connectivity index (χ2v) is 6.35. The summed E-state index contributed by atoms with van der Waals surface area (Å²) in [5, 5.41) is 2.23. The highest BCUT2D eigenvalue weighted by Crippen LogP contribution is 2.25. The van der Waals surface area contributed by atoms with Crippen LogP contribution in [0.3, 0.4) is 0 Å². The zero-order valence-corrected chi connectivity index (χ0v) is 15.4. The molecule has 0 radical (unpaired) electrons. The highest BCUT2D eigenvalue weighted by molar-refractivity contribution is 6.12. The van der Waals surface area contributed by atoms with Gasteiger partial charge >= 0.3 is 6.03 Å². The van der Waals surface area contributed by atoms with E-state index in [2.05, 4.69) is 5.32 Å². The number of carbonyl (C=O) groups excluding carboxylic acids is 3. The van der Waals surface area contributed by atoms with Crippen molar-refractivity contribution in [2.45, 2.75) is 13.0 Å². The Morgan fingerprint density at radius 2 is 1.89 bits per heavy atom. The smallest absolute Gasteiger partial charge is 0.329 e. The van der Waals surface area contributed by atoms with Gasteiger partial charge in [-0.15, -0.1) is 0 Å². The summed E-state index contributed by atoms with van der Waals surface area (Å²) in [4.78, 5) is 38.8. The maximum Gasteiger partial charge on any atom is 0.329 e. The quantitative estimate of drug-likeness (QED) is 0.824. The third kappa shape index (κ3) is 3.76. The van der Waals surface area contributed by atoms with E-state index in [1.807, 2.05) is 31.2 Å². The molecule has 2 aromatic rings. The minimum atomic E-state index is -0.456. The SMILES string of the molecule is COc1cccc(C(C)N(C)C(=O)c2ccc(N3CC(=O)NC3=O)cc2)c1. The fourth-order valence-corrected chi connectivity index (χ4v) is 2.94. The Hall–Kier alpha value is -3.35. The maximum atomic E-state index is 12.8. The van der Waals surface area contributed by atoms with Crippen molar-refractivity contribution in [2.24, 2.45) is 0 Å². The lowest BCUT2D eigenvalue weighted by Gasteiger charge is -2.26. The first kappa shape index (κ1) is 18.4. The Balaban J connectivity index is 1.74. The number of amides is 4. The molecule has 7 nitrogen and oxygen atoms in total. The number of nitrogens with zero attached hydrogens (tertiary/aromatic N) is 2. The number of benzene rings is 2. The Morgan fingerprint density at radius 1 is 1.19 bits per heavy atom. The second-order valence-electron chi connectivity index (χ2n) is 6.35. The number of methoxy groups -OCH3 is 1. The summed E-state index contributed by atoms with van der Waals surface area (Å²) >= 11 is 0. The van der Waals surface area contributed by atoms with Crippen LogP contribution in [-0.2, 0) is 4.79 Å². The van der Waals surface area contributed by atoms with Crippen molar-refractivity contribution < 1.29 is 19.1 Å². The van der Waals surface area contributed by atoms with E-state index in [0.717, 1.165) is 11.3 Å². The monoisotopic (exact) mass is 367 g/mol. The van der Waals surface area contributed by atoms with Crippen molar-refractivity contribution in [1.29, 1.82) is 0 Å². The van der Waals surface area contributed by atoms with Gasteiger partial charge in [-0.25, -0.2) is 4.79 Å². The molecule has 7 heteroatoms. The summed E-state index contributed by atoms with van der Waals surface area (Å²) in [5.74, 6) is 0.258. The molecule has 1 atom stereocenters. The van der Waals surface area contributed by atoms with Crippen LogP contribution in [0, 0.1) is 0 Å². The highest BCUT2D eigenvalue weighted by atomic mass is 16.5. The van der Waals surface area contributed by atoms with Gasteiger partial charge < -0.3 is 9.64 Å². The average molecular weight is 367 g/mol. The molecule has 27 heavy (non-hydrogen) atoms. The number of nitrogens with one attached hydrogen (secondary N) is 1. The molecular weight excluding hydrogens is 346 g/mol. The van der Waals surface area contributed by atoms with Crippen LogP contribution in [-0.4, -0.2) is 43.4 Å². The van der Waals surface area contributed by atoms with Crippen LogP contribution in [0.4, 0.5) is 10.5 Å². The molecule has 3 rings (SSSR count). The number of rotatable bonds is 5. The van der Waals surface area contributed by atoms with E-state index >= 15 is 0 Å². The molecule has 1 unspecified atom stereocenters. The maximum absolute atomic E-state index is 12.8. The summed E-state index contributed by atoms with van der Waals surface area (Å²) in [5.41, 5.74) is 2.04. The first-order valence-electron chi connectivity index (χ1n) is 8.53. The van der Waals surface area contributed by atoms with Crippen molar-refractivity contribution >= 4 is 23.5 Å². The van der Waals surface area contributed by atoms with Gasteiger partial charge in [0.25, 0.3) is 5.91 Å². The Bertz CT molecular complexity index is 879. The van der Waals surface area contributed by atoms with Crippen LogP contribution in [0.15, 0.2) is 48.5 Å². The van der Waals surface area contributed by atoms with Gasteiger partial charge in [-0.05, 0) is 48.9 Å². The number of anilines is 1. The summed E-state index contributed by atoms with van der Waals surface area (Å²) in [6.07, 6.45) is 0. The lowest BCUT2D eigenvalue weighted by atomic mass is 10.1. The molecular formula is C20H21N3O4. The summed E-state index contributed by atoms with van der Waals surface area (Å²) in [6.45, 7) is 1.93. The Labute approximate surface area is 157 Å². The van der Waals surface area contributed by atoms with Crippen molar-refractivity contribution in [3.63, 3.8) is 0 Å². The van der Waals surface area contributed by atoms with Gasteiger partial charge in [0.15, 0.2) is 0 Å². The standard InChI is InChI=1S/C20H21N3O4/c1-13(15-5-4-6-17(11-15)27-3)22(2)19(25)14-7-9-16(10-8-14)23-12-18(24)21-20(23)26/h4-11,13H,12H2,1-3H3,(H,21,24,26). The molecule has 0 saturated carbocycles. The Kier molecular flexibility index (Phi) is 5.12. The molecule has 0 spiro atoms. The number of hydrogen-bond acceptors (Lipinski definition) is 4.